The van der Waals surface area contributed by atoms with E-state index in [1.165, 1.54) is 5.56 Å². The Morgan fingerprint density at radius 2 is 1.76 bits per heavy atom. The first-order valence-electron chi connectivity index (χ1n) is 6.86. The maximum absolute atomic E-state index is 9.03. The van der Waals surface area contributed by atoms with Crippen molar-refractivity contribution in [3.63, 3.8) is 0 Å². The summed E-state index contributed by atoms with van der Waals surface area (Å²) < 4.78 is 1.84. The van der Waals surface area contributed by atoms with Gasteiger partial charge in [-0.2, -0.15) is 10.4 Å². The van der Waals surface area contributed by atoms with Crippen molar-refractivity contribution in [3.05, 3.63) is 71.9 Å². The van der Waals surface area contributed by atoms with Gasteiger partial charge in [0.25, 0.3) is 0 Å². The minimum Gasteiger partial charge on any atom is -0.240 e. The minimum absolute atomic E-state index is 0.357. The van der Waals surface area contributed by atoms with Crippen LogP contribution in [0.3, 0.4) is 0 Å². The first kappa shape index (κ1) is 13.1. The lowest BCUT2D eigenvalue weighted by molar-refractivity contribution is 0.883. The normalized spacial score (nSPS) is 10.3. The first-order chi connectivity index (χ1) is 10.3. The maximum Gasteiger partial charge on any atom is 0.0970 e. The number of benzene rings is 2. The summed E-state index contributed by atoms with van der Waals surface area (Å²) >= 11 is 0. The van der Waals surface area contributed by atoms with Crippen molar-refractivity contribution in [1.29, 1.82) is 5.26 Å². The highest BCUT2D eigenvalue weighted by Gasteiger charge is 2.11. The van der Waals surface area contributed by atoms with E-state index in [4.69, 9.17) is 5.26 Å². The number of hydrogen-bond donors (Lipinski definition) is 0. The Balaban J connectivity index is 2.09. The Kier molecular flexibility index (Phi) is 3.53. The second-order valence-corrected chi connectivity index (χ2v) is 4.98. The molecule has 0 aliphatic heterocycles. The highest BCUT2D eigenvalue weighted by molar-refractivity contribution is 5.64. The Bertz CT molecular complexity index is 778. The van der Waals surface area contributed by atoms with Crippen molar-refractivity contribution in [1.82, 2.24) is 9.78 Å². The number of rotatable bonds is 3. The second-order valence-electron chi connectivity index (χ2n) is 4.98. The fraction of sp³-hybridized carbons (Fsp3) is 0.111. The van der Waals surface area contributed by atoms with E-state index in [1.54, 1.807) is 0 Å². The molecule has 102 valence electrons. The largest absolute Gasteiger partial charge is 0.240 e. The van der Waals surface area contributed by atoms with Crippen molar-refractivity contribution >= 4 is 0 Å². The summed E-state index contributed by atoms with van der Waals surface area (Å²) in [5, 5.41) is 13.7. The molecule has 0 radical (unpaired) electrons. The van der Waals surface area contributed by atoms with E-state index in [0.29, 0.717) is 6.42 Å². The smallest absolute Gasteiger partial charge is 0.0970 e. The van der Waals surface area contributed by atoms with Gasteiger partial charge < -0.3 is 0 Å². The fourth-order valence-electron chi connectivity index (χ4n) is 2.29. The van der Waals surface area contributed by atoms with Crippen LogP contribution in [0, 0.1) is 18.3 Å². The van der Waals surface area contributed by atoms with Gasteiger partial charge in [-0.1, -0.05) is 48.0 Å². The van der Waals surface area contributed by atoms with Crippen LogP contribution in [0.25, 0.3) is 16.9 Å². The molecule has 0 spiro atoms. The predicted molar refractivity (Wildman–Crippen MR) is 83.1 cm³/mol. The molecule has 1 aromatic heterocycles. The number of nitrogens with zero attached hydrogens (tertiary/aromatic N) is 3. The zero-order valence-electron chi connectivity index (χ0n) is 11.8. The van der Waals surface area contributed by atoms with Crippen molar-refractivity contribution in [2.24, 2.45) is 0 Å². The molecule has 0 atom stereocenters. The van der Waals surface area contributed by atoms with Gasteiger partial charge in [0.15, 0.2) is 0 Å². The lowest BCUT2D eigenvalue weighted by atomic mass is 10.1. The zero-order valence-corrected chi connectivity index (χ0v) is 11.8. The van der Waals surface area contributed by atoms with E-state index in [1.807, 2.05) is 53.3 Å². The third-order valence-corrected chi connectivity index (χ3v) is 3.41. The van der Waals surface area contributed by atoms with E-state index in [0.717, 1.165) is 22.5 Å². The van der Waals surface area contributed by atoms with Crippen LogP contribution >= 0.6 is 0 Å². The summed E-state index contributed by atoms with van der Waals surface area (Å²) in [6.07, 6.45) is 2.30. The van der Waals surface area contributed by atoms with Gasteiger partial charge in [-0.15, -0.1) is 0 Å². The molecule has 0 saturated carbocycles. The number of aryl methyl sites for hydroxylation is 1. The summed E-state index contributed by atoms with van der Waals surface area (Å²) in [5.41, 5.74) is 5.07. The molecule has 0 aliphatic rings. The molecule has 3 nitrogen and oxygen atoms in total. The molecule has 0 fully saturated rings. The van der Waals surface area contributed by atoms with Crippen LogP contribution in [-0.2, 0) is 6.42 Å². The summed E-state index contributed by atoms with van der Waals surface area (Å²) in [7, 11) is 0. The number of para-hydroxylation sites is 1. The topological polar surface area (TPSA) is 41.6 Å². The van der Waals surface area contributed by atoms with Crippen LogP contribution in [0.1, 0.15) is 11.1 Å². The predicted octanol–water partition coefficient (Wildman–Crippen LogP) is 3.91. The summed E-state index contributed by atoms with van der Waals surface area (Å²) in [6, 6.07) is 20.4. The van der Waals surface area contributed by atoms with E-state index in [-0.39, 0.29) is 0 Å². The van der Waals surface area contributed by atoms with E-state index in [9.17, 15) is 0 Å². The molecular weight excluding hydrogens is 258 g/mol. The highest BCUT2D eigenvalue weighted by atomic mass is 15.3. The Hall–Kier alpha value is -2.86. The second kappa shape index (κ2) is 5.64. The van der Waals surface area contributed by atoms with Crippen molar-refractivity contribution in [2.45, 2.75) is 13.3 Å². The first-order valence-corrected chi connectivity index (χ1v) is 6.86. The minimum atomic E-state index is 0.357. The van der Waals surface area contributed by atoms with Gasteiger partial charge in [0.2, 0.25) is 0 Å². The third-order valence-electron chi connectivity index (χ3n) is 3.41. The standard InChI is InChI=1S/C18H15N3/c1-14-7-9-15(10-8-14)18-16(11-12-19)13-21(20-18)17-5-3-2-4-6-17/h2-10,13H,11H2,1H3. The molecule has 0 amide bonds. The van der Waals surface area contributed by atoms with Crippen LogP contribution in [-0.4, -0.2) is 9.78 Å². The van der Waals surface area contributed by atoms with Gasteiger partial charge in [0, 0.05) is 17.3 Å². The Morgan fingerprint density at radius 1 is 1.05 bits per heavy atom. The molecule has 0 bridgehead atoms. The molecule has 0 saturated heterocycles. The van der Waals surface area contributed by atoms with Crippen molar-refractivity contribution in [3.8, 4) is 23.0 Å². The molecule has 21 heavy (non-hydrogen) atoms. The molecular formula is C18H15N3. The number of nitriles is 1. The SMILES string of the molecule is Cc1ccc(-c2nn(-c3ccccc3)cc2CC#N)cc1. The Labute approximate surface area is 124 Å². The fourth-order valence-corrected chi connectivity index (χ4v) is 2.29. The van der Waals surface area contributed by atoms with Crippen LogP contribution in [0.2, 0.25) is 0 Å². The molecule has 3 rings (SSSR count). The average Bonchev–Trinajstić information content (AvgIpc) is 2.93. The van der Waals surface area contributed by atoms with Crippen LogP contribution in [0.15, 0.2) is 60.8 Å². The number of aromatic nitrogens is 2. The molecule has 0 N–H and O–H groups in total. The molecule has 0 unspecified atom stereocenters. The summed E-state index contributed by atoms with van der Waals surface area (Å²) in [6.45, 7) is 2.06. The monoisotopic (exact) mass is 273 g/mol. The van der Waals surface area contributed by atoms with E-state index in [2.05, 4.69) is 30.2 Å². The van der Waals surface area contributed by atoms with Crippen molar-refractivity contribution in [2.75, 3.05) is 0 Å². The molecule has 3 heteroatoms. The van der Waals surface area contributed by atoms with Crippen LogP contribution < -0.4 is 0 Å². The summed E-state index contributed by atoms with van der Waals surface area (Å²) in [4.78, 5) is 0. The van der Waals surface area contributed by atoms with Gasteiger partial charge in [-0.25, -0.2) is 4.68 Å². The van der Waals surface area contributed by atoms with Gasteiger partial charge in [0.05, 0.1) is 23.9 Å². The van der Waals surface area contributed by atoms with Gasteiger partial charge in [-0.3, -0.25) is 0 Å². The lowest BCUT2D eigenvalue weighted by Gasteiger charge is -2.01. The molecule has 1 heterocycles. The van der Waals surface area contributed by atoms with Crippen molar-refractivity contribution < 1.29 is 0 Å². The highest BCUT2D eigenvalue weighted by Crippen LogP contribution is 2.24. The number of hydrogen-bond acceptors (Lipinski definition) is 2. The molecule has 3 aromatic rings. The van der Waals surface area contributed by atoms with E-state index >= 15 is 0 Å². The molecule has 2 aromatic carbocycles. The quantitative estimate of drug-likeness (QED) is 0.726. The molecule has 0 aliphatic carbocycles. The van der Waals surface area contributed by atoms with Crippen LogP contribution in [0.4, 0.5) is 0 Å². The summed E-state index contributed by atoms with van der Waals surface area (Å²) in [5.74, 6) is 0. The van der Waals surface area contributed by atoms with E-state index < -0.39 is 0 Å². The zero-order chi connectivity index (χ0) is 14.7. The maximum atomic E-state index is 9.03. The van der Waals surface area contributed by atoms with Crippen LogP contribution in [0.5, 0.6) is 0 Å². The Morgan fingerprint density at radius 3 is 2.43 bits per heavy atom. The van der Waals surface area contributed by atoms with Gasteiger partial charge >= 0.3 is 0 Å². The van der Waals surface area contributed by atoms with Gasteiger partial charge in [0.1, 0.15) is 0 Å². The third kappa shape index (κ3) is 2.70. The average molecular weight is 273 g/mol. The lowest BCUT2D eigenvalue weighted by Crippen LogP contribution is -1.93. The van der Waals surface area contributed by atoms with Gasteiger partial charge in [-0.05, 0) is 19.1 Å².